The number of thioether (sulfide) groups is 1. The van der Waals surface area contributed by atoms with Gasteiger partial charge in [0.2, 0.25) is 11.8 Å². The summed E-state index contributed by atoms with van der Waals surface area (Å²) >= 11 is 3.17. The Bertz CT molecular complexity index is 698. The van der Waals surface area contributed by atoms with E-state index in [4.69, 9.17) is 0 Å². The molecule has 1 unspecified atom stereocenters. The van der Waals surface area contributed by atoms with Gasteiger partial charge in [-0.25, -0.2) is 0 Å². The van der Waals surface area contributed by atoms with Gasteiger partial charge in [0.05, 0.1) is 17.7 Å². The third-order valence-electron chi connectivity index (χ3n) is 4.01. The Morgan fingerprint density at radius 1 is 1.29 bits per heavy atom. The van der Waals surface area contributed by atoms with Crippen molar-refractivity contribution >= 4 is 34.9 Å². The van der Waals surface area contributed by atoms with E-state index in [0.29, 0.717) is 11.6 Å². The van der Waals surface area contributed by atoms with Crippen LogP contribution in [0.3, 0.4) is 0 Å². The summed E-state index contributed by atoms with van der Waals surface area (Å²) in [5.41, 5.74) is 2.33. The molecule has 0 aliphatic carbocycles. The van der Waals surface area contributed by atoms with E-state index in [1.54, 1.807) is 28.0 Å². The molecule has 1 aromatic heterocycles. The first-order valence-corrected chi connectivity index (χ1v) is 9.98. The molecular weight excluding hydrogens is 340 g/mol. The number of hydrogen-bond donors (Lipinski definition) is 1. The third-order valence-corrected chi connectivity index (χ3v) is 5.90. The van der Waals surface area contributed by atoms with Gasteiger partial charge in [-0.1, -0.05) is 37.3 Å². The maximum Gasteiger partial charge on any atom is 0.240 e. The smallest absolute Gasteiger partial charge is 0.240 e. The summed E-state index contributed by atoms with van der Waals surface area (Å²) in [6, 6.07) is 12.2. The lowest BCUT2D eigenvalue weighted by Gasteiger charge is -2.21. The highest BCUT2D eigenvalue weighted by Gasteiger charge is 2.25. The van der Waals surface area contributed by atoms with Gasteiger partial charge < -0.3 is 10.2 Å². The molecule has 2 amide bonds. The molecule has 4 nitrogen and oxygen atoms in total. The molecule has 1 aliphatic rings. The predicted octanol–water partition coefficient (Wildman–Crippen LogP) is 3.05. The molecule has 3 rings (SSSR count). The fourth-order valence-electron chi connectivity index (χ4n) is 2.64. The van der Waals surface area contributed by atoms with Crippen molar-refractivity contribution in [2.75, 3.05) is 18.2 Å². The highest BCUT2D eigenvalue weighted by molar-refractivity contribution is 8.00. The van der Waals surface area contributed by atoms with Crippen LogP contribution in [0, 0.1) is 0 Å². The van der Waals surface area contributed by atoms with Crippen LogP contribution < -0.4 is 5.32 Å². The molecule has 1 saturated heterocycles. The van der Waals surface area contributed by atoms with E-state index in [2.05, 4.69) is 36.5 Å². The largest absolute Gasteiger partial charge is 0.343 e. The molecule has 0 radical (unpaired) electrons. The number of carbonyl (C=O) groups is 2. The molecule has 2 aromatic rings. The molecule has 1 aromatic carbocycles. The fraction of sp³-hybridized carbons (Fsp3) is 0.333. The molecule has 1 fully saturated rings. The highest BCUT2D eigenvalue weighted by Crippen LogP contribution is 2.26. The number of hydrogen-bond acceptors (Lipinski definition) is 4. The summed E-state index contributed by atoms with van der Waals surface area (Å²) in [5.74, 6) is 0.986. The molecule has 0 spiro atoms. The highest BCUT2D eigenvalue weighted by atomic mass is 32.2. The summed E-state index contributed by atoms with van der Waals surface area (Å²) in [4.78, 5) is 26.8. The lowest BCUT2D eigenvalue weighted by atomic mass is 10.0. The molecule has 2 heterocycles. The van der Waals surface area contributed by atoms with Crippen LogP contribution in [0.4, 0.5) is 0 Å². The van der Waals surface area contributed by atoms with Gasteiger partial charge in [-0.2, -0.15) is 0 Å². The van der Waals surface area contributed by atoms with Gasteiger partial charge in [0.15, 0.2) is 0 Å². The average Bonchev–Trinajstić information content (AvgIpc) is 3.25. The molecule has 6 heteroatoms. The first-order valence-electron chi connectivity index (χ1n) is 7.94. The van der Waals surface area contributed by atoms with Gasteiger partial charge in [-0.15, -0.1) is 23.1 Å². The standard InChI is InChI=1S/C18H20N2O2S2/c1-2-13-5-7-14(8-6-13)18(15-4-3-9-24-15)19-16(21)10-20-12-23-11-17(20)22/h3-9,18H,2,10-12H2,1H3,(H,19,21). The Morgan fingerprint density at radius 3 is 2.67 bits per heavy atom. The zero-order valence-electron chi connectivity index (χ0n) is 13.5. The number of nitrogens with zero attached hydrogens (tertiary/aromatic N) is 1. The van der Waals surface area contributed by atoms with E-state index in [1.165, 1.54) is 5.56 Å². The van der Waals surface area contributed by atoms with Gasteiger partial charge in [-0.3, -0.25) is 9.59 Å². The monoisotopic (exact) mass is 360 g/mol. The lowest BCUT2D eigenvalue weighted by molar-refractivity contribution is -0.132. The van der Waals surface area contributed by atoms with E-state index in [0.717, 1.165) is 16.9 Å². The first kappa shape index (κ1) is 17.0. The van der Waals surface area contributed by atoms with Gasteiger partial charge in [-0.05, 0) is 29.0 Å². The number of rotatable bonds is 6. The number of aryl methyl sites for hydroxylation is 1. The normalized spacial score (nSPS) is 15.5. The summed E-state index contributed by atoms with van der Waals surface area (Å²) in [7, 11) is 0. The molecule has 1 aliphatic heterocycles. The van der Waals surface area contributed by atoms with E-state index in [9.17, 15) is 9.59 Å². The summed E-state index contributed by atoms with van der Waals surface area (Å²) in [5, 5.41) is 5.10. The van der Waals surface area contributed by atoms with E-state index in [-0.39, 0.29) is 24.4 Å². The zero-order chi connectivity index (χ0) is 16.9. The van der Waals surface area contributed by atoms with Crippen LogP contribution in [0.15, 0.2) is 41.8 Å². The van der Waals surface area contributed by atoms with Crippen molar-refractivity contribution in [3.8, 4) is 0 Å². The van der Waals surface area contributed by atoms with Gasteiger partial charge in [0.25, 0.3) is 0 Å². The van der Waals surface area contributed by atoms with Crippen LogP contribution in [0.5, 0.6) is 0 Å². The van der Waals surface area contributed by atoms with Crippen LogP contribution in [-0.4, -0.2) is 34.9 Å². The Balaban J connectivity index is 1.75. The van der Waals surface area contributed by atoms with Crippen molar-refractivity contribution < 1.29 is 9.59 Å². The maximum atomic E-state index is 12.4. The summed E-state index contributed by atoms with van der Waals surface area (Å²) in [6.07, 6.45) is 0.991. The zero-order valence-corrected chi connectivity index (χ0v) is 15.2. The minimum Gasteiger partial charge on any atom is -0.343 e. The fourth-order valence-corrected chi connectivity index (χ4v) is 4.35. The van der Waals surface area contributed by atoms with Crippen LogP contribution in [-0.2, 0) is 16.0 Å². The number of carbonyl (C=O) groups excluding carboxylic acids is 2. The Morgan fingerprint density at radius 2 is 2.08 bits per heavy atom. The third kappa shape index (κ3) is 3.99. The second-order valence-corrected chi connectivity index (χ2v) is 7.61. The second kappa shape index (κ2) is 7.85. The Labute approximate surface area is 150 Å². The molecule has 1 N–H and O–H groups in total. The van der Waals surface area contributed by atoms with E-state index >= 15 is 0 Å². The van der Waals surface area contributed by atoms with Gasteiger partial charge in [0.1, 0.15) is 6.54 Å². The van der Waals surface area contributed by atoms with Crippen molar-refractivity contribution in [2.45, 2.75) is 19.4 Å². The van der Waals surface area contributed by atoms with Crippen molar-refractivity contribution in [3.63, 3.8) is 0 Å². The minimum atomic E-state index is -0.172. The van der Waals surface area contributed by atoms with Gasteiger partial charge >= 0.3 is 0 Å². The summed E-state index contributed by atoms with van der Waals surface area (Å²) < 4.78 is 0. The molecule has 1 atom stereocenters. The molecule has 24 heavy (non-hydrogen) atoms. The molecule has 0 bridgehead atoms. The molecule has 0 saturated carbocycles. The average molecular weight is 361 g/mol. The maximum absolute atomic E-state index is 12.4. The lowest BCUT2D eigenvalue weighted by Crippen LogP contribution is -2.39. The molecule has 126 valence electrons. The van der Waals surface area contributed by atoms with Gasteiger partial charge in [0, 0.05) is 4.88 Å². The summed E-state index contributed by atoms with van der Waals surface area (Å²) in [6.45, 7) is 2.25. The van der Waals surface area contributed by atoms with Crippen molar-refractivity contribution in [3.05, 3.63) is 57.8 Å². The first-order chi connectivity index (χ1) is 11.7. The topological polar surface area (TPSA) is 49.4 Å². The number of thiophene rings is 1. The Hall–Kier alpha value is -1.79. The Kier molecular flexibility index (Phi) is 5.58. The van der Waals surface area contributed by atoms with Crippen molar-refractivity contribution in [1.82, 2.24) is 10.2 Å². The molecular formula is C18H20N2O2S2. The van der Waals surface area contributed by atoms with Crippen LogP contribution in [0.25, 0.3) is 0 Å². The SMILES string of the molecule is CCc1ccc(C(NC(=O)CN2CSCC2=O)c2cccs2)cc1. The number of nitrogens with one attached hydrogen (secondary N) is 1. The quantitative estimate of drug-likeness (QED) is 0.861. The van der Waals surface area contributed by atoms with E-state index in [1.807, 2.05) is 17.5 Å². The van der Waals surface area contributed by atoms with Crippen molar-refractivity contribution in [2.24, 2.45) is 0 Å². The van der Waals surface area contributed by atoms with E-state index < -0.39 is 0 Å². The number of benzene rings is 1. The van der Waals surface area contributed by atoms with Crippen LogP contribution >= 0.6 is 23.1 Å². The van der Waals surface area contributed by atoms with Crippen molar-refractivity contribution in [1.29, 1.82) is 0 Å². The van der Waals surface area contributed by atoms with Crippen LogP contribution in [0.2, 0.25) is 0 Å². The second-order valence-electron chi connectivity index (χ2n) is 5.68. The number of amides is 2. The minimum absolute atomic E-state index is 0.0372. The predicted molar refractivity (Wildman–Crippen MR) is 99.2 cm³/mol. The van der Waals surface area contributed by atoms with Crippen LogP contribution in [0.1, 0.15) is 29.0 Å².